The minimum Gasteiger partial charge on any atom is -0.314 e. The molecule has 2 N–H and O–H groups in total. The van der Waals surface area contributed by atoms with Crippen molar-refractivity contribution in [1.29, 1.82) is 0 Å². The van der Waals surface area contributed by atoms with Crippen LogP contribution in [0, 0.1) is 0 Å². The summed E-state index contributed by atoms with van der Waals surface area (Å²) in [5, 5.41) is 7.08. The summed E-state index contributed by atoms with van der Waals surface area (Å²) in [6.45, 7) is 18.9. The Kier molecular flexibility index (Phi) is 8.50. The highest BCUT2D eigenvalue weighted by Gasteiger charge is 2.39. The van der Waals surface area contributed by atoms with Crippen molar-refractivity contribution in [3.05, 3.63) is 0 Å². The lowest BCUT2D eigenvalue weighted by Gasteiger charge is -2.45. The van der Waals surface area contributed by atoms with Crippen LogP contribution in [0.4, 0.5) is 0 Å². The fourth-order valence-corrected chi connectivity index (χ4v) is 5.74. The van der Waals surface area contributed by atoms with Gasteiger partial charge >= 0.3 is 0 Å². The molecule has 0 amide bonds. The van der Waals surface area contributed by atoms with Gasteiger partial charge in [0.2, 0.25) is 0 Å². The van der Waals surface area contributed by atoms with Crippen molar-refractivity contribution in [3.63, 3.8) is 0 Å². The van der Waals surface area contributed by atoms with Crippen molar-refractivity contribution in [3.8, 4) is 0 Å². The van der Waals surface area contributed by atoms with E-state index in [-0.39, 0.29) is 15.8 Å². The molecule has 0 aromatic heterocycles. The Hall–Kier alpha value is 0.270. The Bertz CT molecular complexity index is 319. The normalized spacial score (nSPS) is 21.0. The van der Waals surface area contributed by atoms with E-state index in [1.54, 1.807) is 0 Å². The van der Waals surface area contributed by atoms with E-state index in [1.807, 2.05) is 0 Å². The maximum absolute atomic E-state index is 3.55. The molecule has 0 aromatic rings. The lowest BCUT2D eigenvalue weighted by Crippen LogP contribution is -2.48. The fraction of sp³-hybridized carbons (Fsp3) is 1.00. The van der Waals surface area contributed by atoms with Crippen LogP contribution in [0.2, 0.25) is 0 Å². The van der Waals surface area contributed by atoms with Crippen LogP contribution in [0.3, 0.4) is 0 Å². The predicted octanol–water partition coefficient (Wildman–Crippen LogP) is 5.22. The zero-order valence-corrected chi connectivity index (χ0v) is 17.8. The van der Waals surface area contributed by atoms with E-state index < -0.39 is 0 Å². The first-order valence-electron chi connectivity index (χ1n) is 9.00. The molecule has 0 aliphatic carbocycles. The molecule has 0 aliphatic heterocycles. The van der Waals surface area contributed by atoms with E-state index >= 15 is 0 Å². The fourth-order valence-electron chi connectivity index (χ4n) is 3.48. The molecule has 3 heteroatoms. The van der Waals surface area contributed by atoms with Crippen LogP contribution in [-0.4, -0.2) is 34.7 Å². The summed E-state index contributed by atoms with van der Waals surface area (Å²) in [6.07, 6.45) is 5.94. The molecular formula is C19H42N2S. The molecule has 2 nitrogen and oxygen atoms in total. The van der Waals surface area contributed by atoms with Crippen LogP contribution in [0.1, 0.15) is 87.5 Å². The maximum atomic E-state index is 3.55. The highest BCUT2D eigenvalue weighted by atomic mass is 32.2. The zero-order valence-electron chi connectivity index (χ0n) is 16.9. The summed E-state index contributed by atoms with van der Waals surface area (Å²) in [5.41, 5.74) is 0.452. The summed E-state index contributed by atoms with van der Waals surface area (Å²) in [4.78, 5) is 0. The van der Waals surface area contributed by atoms with Crippen LogP contribution in [-0.2, 0) is 0 Å². The molecule has 0 saturated heterocycles. The smallest absolute Gasteiger partial charge is 0.0160 e. The minimum atomic E-state index is 0.224. The Morgan fingerprint density at radius 3 is 1.41 bits per heavy atom. The number of thioether (sulfide) groups is 1. The van der Waals surface area contributed by atoms with Gasteiger partial charge in [0.1, 0.15) is 0 Å². The molecule has 0 saturated carbocycles. The molecule has 134 valence electrons. The molecular weight excluding hydrogens is 288 g/mol. The summed E-state index contributed by atoms with van der Waals surface area (Å²) in [6, 6.07) is 0. The molecule has 3 unspecified atom stereocenters. The predicted molar refractivity (Wildman–Crippen MR) is 105 cm³/mol. The Balaban J connectivity index is 5.11. The summed E-state index contributed by atoms with van der Waals surface area (Å²) in [7, 11) is 4.20. The Morgan fingerprint density at radius 1 is 0.682 bits per heavy atom. The number of hydrogen-bond acceptors (Lipinski definition) is 3. The van der Waals surface area contributed by atoms with E-state index in [4.69, 9.17) is 0 Å². The molecule has 0 spiro atoms. The molecule has 0 aromatic carbocycles. The zero-order chi connectivity index (χ0) is 17.7. The second kappa shape index (κ2) is 8.39. The molecule has 0 aliphatic rings. The van der Waals surface area contributed by atoms with Crippen LogP contribution in [0.25, 0.3) is 0 Å². The largest absolute Gasteiger partial charge is 0.314 e. The summed E-state index contributed by atoms with van der Waals surface area (Å²) in [5.74, 6) is 0. The number of rotatable bonds is 11. The van der Waals surface area contributed by atoms with Crippen molar-refractivity contribution in [2.24, 2.45) is 0 Å². The second-order valence-corrected chi connectivity index (χ2v) is 10.6. The van der Waals surface area contributed by atoms with Gasteiger partial charge in [-0.2, -0.15) is 0 Å². The minimum absolute atomic E-state index is 0.224. The van der Waals surface area contributed by atoms with Crippen molar-refractivity contribution < 1.29 is 0 Å². The van der Waals surface area contributed by atoms with E-state index in [2.05, 4.69) is 91.9 Å². The third kappa shape index (κ3) is 6.80. The molecule has 3 atom stereocenters. The van der Waals surface area contributed by atoms with Gasteiger partial charge in [-0.1, -0.05) is 41.5 Å². The standard InChI is InChI=1S/C19H42N2S/c1-11-17(6,20-9)14-16(4,5)22-19(8,13-3)15-18(7,12-2)21-10/h20-21H,11-15H2,1-10H3. The SMILES string of the molecule is CCC(C)(CC(C)(C)SC(C)(CC)CC(C)(CC)NC)NC. The van der Waals surface area contributed by atoms with Crippen LogP contribution >= 0.6 is 11.8 Å². The molecule has 0 heterocycles. The third-order valence-electron chi connectivity index (χ3n) is 5.62. The summed E-state index contributed by atoms with van der Waals surface area (Å²) >= 11 is 2.18. The van der Waals surface area contributed by atoms with Gasteiger partial charge in [-0.15, -0.1) is 11.8 Å². The van der Waals surface area contributed by atoms with Crippen molar-refractivity contribution in [1.82, 2.24) is 10.6 Å². The third-order valence-corrected chi connectivity index (χ3v) is 7.24. The average Bonchev–Trinajstić information content (AvgIpc) is 2.45. The first-order valence-corrected chi connectivity index (χ1v) is 9.82. The first kappa shape index (κ1) is 22.3. The van der Waals surface area contributed by atoms with Crippen molar-refractivity contribution in [2.75, 3.05) is 14.1 Å². The lowest BCUT2D eigenvalue weighted by molar-refractivity contribution is 0.297. The van der Waals surface area contributed by atoms with E-state index in [9.17, 15) is 0 Å². The molecule has 22 heavy (non-hydrogen) atoms. The molecule has 0 fully saturated rings. The van der Waals surface area contributed by atoms with E-state index in [0.29, 0.717) is 4.75 Å². The Labute approximate surface area is 145 Å². The van der Waals surface area contributed by atoms with Crippen molar-refractivity contribution in [2.45, 2.75) is 108 Å². The monoisotopic (exact) mass is 330 g/mol. The van der Waals surface area contributed by atoms with Gasteiger partial charge in [0.05, 0.1) is 0 Å². The molecule has 0 bridgehead atoms. The van der Waals surface area contributed by atoms with Gasteiger partial charge in [0.15, 0.2) is 0 Å². The van der Waals surface area contributed by atoms with Crippen molar-refractivity contribution >= 4 is 11.8 Å². The molecule has 0 radical (unpaired) electrons. The average molecular weight is 331 g/mol. The summed E-state index contributed by atoms with van der Waals surface area (Å²) < 4.78 is 0.570. The first-order chi connectivity index (χ1) is 9.92. The number of hydrogen-bond donors (Lipinski definition) is 2. The van der Waals surface area contributed by atoms with Gasteiger partial charge in [-0.05, 0) is 60.0 Å². The van der Waals surface area contributed by atoms with E-state index in [0.717, 1.165) is 0 Å². The van der Waals surface area contributed by atoms with Gasteiger partial charge in [-0.3, -0.25) is 0 Å². The topological polar surface area (TPSA) is 24.1 Å². The lowest BCUT2D eigenvalue weighted by atomic mass is 9.85. The Morgan fingerprint density at radius 2 is 1.09 bits per heavy atom. The molecule has 0 rings (SSSR count). The maximum Gasteiger partial charge on any atom is 0.0160 e. The highest BCUT2D eigenvalue weighted by molar-refractivity contribution is 8.01. The number of nitrogens with one attached hydrogen (secondary N) is 2. The van der Waals surface area contributed by atoms with E-state index in [1.165, 1.54) is 32.1 Å². The van der Waals surface area contributed by atoms with Crippen LogP contribution in [0.5, 0.6) is 0 Å². The van der Waals surface area contributed by atoms with Crippen LogP contribution in [0.15, 0.2) is 0 Å². The van der Waals surface area contributed by atoms with Gasteiger partial charge in [0, 0.05) is 20.6 Å². The van der Waals surface area contributed by atoms with Gasteiger partial charge < -0.3 is 10.6 Å². The van der Waals surface area contributed by atoms with Crippen LogP contribution < -0.4 is 10.6 Å². The van der Waals surface area contributed by atoms with Gasteiger partial charge in [-0.25, -0.2) is 0 Å². The second-order valence-electron chi connectivity index (χ2n) is 8.35. The quantitative estimate of drug-likeness (QED) is 0.543. The van der Waals surface area contributed by atoms with Gasteiger partial charge in [0.25, 0.3) is 0 Å². The highest BCUT2D eigenvalue weighted by Crippen LogP contribution is 2.47.